The molecule has 10 heteroatoms. The van der Waals surface area contributed by atoms with Crippen LogP contribution in [0.2, 0.25) is 5.02 Å². The zero-order valence-electron chi connectivity index (χ0n) is 20.8. The molecule has 0 saturated carbocycles. The highest BCUT2D eigenvalue weighted by Crippen LogP contribution is 2.34. The smallest absolute Gasteiger partial charge is 0.255 e. The average Bonchev–Trinajstić information content (AvgIpc) is 3.40. The van der Waals surface area contributed by atoms with Crippen LogP contribution in [0.4, 0.5) is 0 Å². The summed E-state index contributed by atoms with van der Waals surface area (Å²) in [6, 6.07) is 5.52. The second-order valence-corrected chi connectivity index (χ2v) is 11.2. The molecule has 3 aromatic heterocycles. The molecule has 8 nitrogen and oxygen atoms in total. The van der Waals surface area contributed by atoms with Crippen LogP contribution >= 0.6 is 22.9 Å². The van der Waals surface area contributed by atoms with Gasteiger partial charge in [-0.3, -0.25) is 9.69 Å². The third kappa shape index (κ3) is 4.88. The molecule has 1 aromatic carbocycles. The van der Waals surface area contributed by atoms with E-state index in [9.17, 15) is 9.90 Å². The first-order valence-corrected chi connectivity index (χ1v) is 13.1. The number of thiazole rings is 1. The lowest BCUT2D eigenvalue weighted by molar-refractivity contribution is 0.0627. The van der Waals surface area contributed by atoms with Gasteiger partial charge in [-0.05, 0) is 39.0 Å². The number of aromatic nitrogens is 4. The first kappa shape index (κ1) is 24.8. The van der Waals surface area contributed by atoms with Crippen molar-refractivity contribution in [1.82, 2.24) is 29.3 Å². The number of rotatable bonds is 5. The zero-order chi connectivity index (χ0) is 25.6. The number of aryl methyl sites for hydroxylation is 2. The minimum absolute atomic E-state index is 0.0688. The highest BCUT2D eigenvalue weighted by atomic mass is 35.5. The minimum atomic E-state index is -1.16. The number of halogens is 1. The lowest BCUT2D eigenvalue weighted by atomic mass is 10.0. The topological polar surface area (TPSA) is 87.4 Å². The fourth-order valence-corrected chi connectivity index (χ4v) is 5.41. The van der Waals surface area contributed by atoms with E-state index in [-0.39, 0.29) is 5.91 Å². The van der Waals surface area contributed by atoms with E-state index in [1.807, 2.05) is 47.8 Å². The van der Waals surface area contributed by atoms with Crippen molar-refractivity contribution in [2.24, 2.45) is 7.05 Å². The summed E-state index contributed by atoms with van der Waals surface area (Å²) in [6.07, 6.45) is 3.60. The van der Waals surface area contributed by atoms with Gasteiger partial charge in [0.25, 0.3) is 5.91 Å². The van der Waals surface area contributed by atoms with Gasteiger partial charge in [-0.1, -0.05) is 11.6 Å². The molecule has 0 bridgehead atoms. The van der Waals surface area contributed by atoms with Crippen molar-refractivity contribution >= 4 is 39.7 Å². The van der Waals surface area contributed by atoms with Gasteiger partial charge < -0.3 is 14.6 Å². The molecular weight excluding hydrogens is 496 g/mol. The number of carbonyl (C=O) groups excluding carboxylic acids is 1. The molecule has 1 N–H and O–H groups in total. The molecule has 1 amide bonds. The molecule has 4 aromatic rings. The molecule has 0 aliphatic carbocycles. The van der Waals surface area contributed by atoms with Gasteiger partial charge in [0.2, 0.25) is 0 Å². The van der Waals surface area contributed by atoms with Crippen molar-refractivity contribution in [2.45, 2.75) is 32.9 Å². The average molecular weight is 525 g/mol. The predicted octanol–water partition coefficient (Wildman–Crippen LogP) is 4.24. The normalized spacial score (nSPS) is 15.1. The van der Waals surface area contributed by atoms with Crippen molar-refractivity contribution in [3.05, 3.63) is 63.1 Å². The standard InChI is InChI=1S/C26H29ClN6O2S/c1-16-29-17(15-36-16)13-32-7-9-33(10-8-32)24(34)19-11-18-20(14-31(4)23(18)12-21(19)27)22-5-6-28-25(30-22)26(2,3)35/h5-6,11-12,14-15,35H,7-10,13H2,1-4H3. The molecule has 1 aliphatic rings. The first-order chi connectivity index (χ1) is 17.1. The van der Waals surface area contributed by atoms with E-state index in [2.05, 4.69) is 25.2 Å². The van der Waals surface area contributed by atoms with Crippen molar-refractivity contribution in [1.29, 1.82) is 0 Å². The monoisotopic (exact) mass is 524 g/mol. The van der Waals surface area contributed by atoms with Crippen LogP contribution < -0.4 is 0 Å². The van der Waals surface area contributed by atoms with Crippen molar-refractivity contribution < 1.29 is 9.90 Å². The largest absolute Gasteiger partial charge is 0.382 e. The summed E-state index contributed by atoms with van der Waals surface area (Å²) in [4.78, 5) is 31.1. The van der Waals surface area contributed by atoms with Crippen molar-refractivity contribution in [3.8, 4) is 11.3 Å². The van der Waals surface area contributed by atoms with E-state index < -0.39 is 5.60 Å². The van der Waals surface area contributed by atoms with Gasteiger partial charge in [-0.25, -0.2) is 15.0 Å². The first-order valence-electron chi connectivity index (χ1n) is 11.9. The molecule has 0 radical (unpaired) electrons. The highest BCUT2D eigenvalue weighted by Gasteiger charge is 2.26. The number of hydrogen-bond acceptors (Lipinski definition) is 7. The van der Waals surface area contributed by atoms with Gasteiger partial charge >= 0.3 is 0 Å². The fourth-order valence-electron chi connectivity index (χ4n) is 4.56. The lowest BCUT2D eigenvalue weighted by Crippen LogP contribution is -2.48. The second-order valence-electron chi connectivity index (χ2n) is 9.75. The maximum absolute atomic E-state index is 13.5. The van der Waals surface area contributed by atoms with Crippen molar-refractivity contribution in [3.63, 3.8) is 0 Å². The summed E-state index contributed by atoms with van der Waals surface area (Å²) in [5.41, 5.74) is 2.84. The number of piperazine rings is 1. The second kappa shape index (κ2) is 9.55. The summed E-state index contributed by atoms with van der Waals surface area (Å²) in [6.45, 7) is 8.99. The summed E-state index contributed by atoms with van der Waals surface area (Å²) < 4.78 is 1.97. The quantitative estimate of drug-likeness (QED) is 0.420. The van der Waals surface area contributed by atoms with E-state index in [1.165, 1.54) is 0 Å². The molecule has 5 rings (SSSR count). The number of amides is 1. The number of benzene rings is 1. The summed E-state index contributed by atoms with van der Waals surface area (Å²) in [5.74, 6) is 0.272. The van der Waals surface area contributed by atoms with E-state index in [0.29, 0.717) is 35.2 Å². The molecule has 1 aliphatic heterocycles. The van der Waals surface area contributed by atoms with Crippen molar-refractivity contribution in [2.75, 3.05) is 26.2 Å². The molecule has 36 heavy (non-hydrogen) atoms. The molecule has 188 valence electrons. The van der Waals surface area contributed by atoms with Gasteiger partial charge in [0.05, 0.1) is 27.0 Å². The molecular formula is C26H29ClN6O2S. The number of aliphatic hydroxyl groups is 1. The fraction of sp³-hybridized carbons (Fsp3) is 0.385. The lowest BCUT2D eigenvalue weighted by Gasteiger charge is -2.34. The molecule has 0 unspecified atom stereocenters. The van der Waals surface area contributed by atoms with E-state index in [4.69, 9.17) is 11.6 Å². The van der Waals surface area contributed by atoms with Crippen LogP contribution in [0.1, 0.15) is 40.7 Å². The van der Waals surface area contributed by atoms with Gasteiger partial charge in [0, 0.05) is 74.0 Å². The van der Waals surface area contributed by atoms with Gasteiger partial charge in [-0.15, -0.1) is 11.3 Å². The Morgan fingerprint density at radius 1 is 1.19 bits per heavy atom. The Balaban J connectivity index is 1.40. The maximum Gasteiger partial charge on any atom is 0.255 e. The van der Waals surface area contributed by atoms with Crippen LogP contribution in [0.3, 0.4) is 0 Å². The van der Waals surface area contributed by atoms with E-state index >= 15 is 0 Å². The van der Waals surface area contributed by atoms with E-state index in [1.54, 1.807) is 31.4 Å². The highest BCUT2D eigenvalue weighted by molar-refractivity contribution is 7.09. The van der Waals surface area contributed by atoms with Crippen LogP contribution in [0.5, 0.6) is 0 Å². The van der Waals surface area contributed by atoms with Crippen LogP contribution in [-0.4, -0.2) is 66.5 Å². The number of hydrogen-bond donors (Lipinski definition) is 1. The number of nitrogens with zero attached hydrogens (tertiary/aromatic N) is 6. The Morgan fingerprint density at radius 3 is 2.61 bits per heavy atom. The van der Waals surface area contributed by atoms with E-state index in [0.717, 1.165) is 46.8 Å². The molecule has 4 heterocycles. The Kier molecular flexibility index (Phi) is 6.59. The van der Waals surface area contributed by atoms with Gasteiger partial charge in [0.1, 0.15) is 5.60 Å². The van der Waals surface area contributed by atoms with Crippen LogP contribution in [0.25, 0.3) is 22.2 Å². The number of carbonyl (C=O) groups is 1. The molecule has 1 fully saturated rings. The SMILES string of the molecule is Cc1nc(CN2CCN(C(=O)c3cc4c(-c5ccnc(C(C)(C)O)n5)cn(C)c4cc3Cl)CC2)cs1. The Bertz CT molecular complexity index is 1430. The van der Waals surface area contributed by atoms with Gasteiger partial charge in [-0.2, -0.15) is 0 Å². The third-order valence-corrected chi connectivity index (χ3v) is 7.63. The maximum atomic E-state index is 13.5. The van der Waals surface area contributed by atoms with Gasteiger partial charge in [0.15, 0.2) is 5.82 Å². The minimum Gasteiger partial charge on any atom is -0.382 e. The summed E-state index contributed by atoms with van der Waals surface area (Å²) in [7, 11) is 1.94. The zero-order valence-corrected chi connectivity index (χ0v) is 22.4. The Labute approximate surface area is 219 Å². The molecule has 0 spiro atoms. The summed E-state index contributed by atoms with van der Waals surface area (Å²) >= 11 is 8.29. The Hall–Kier alpha value is -2.85. The summed E-state index contributed by atoms with van der Waals surface area (Å²) in [5, 5.41) is 14.9. The molecule has 0 atom stereocenters. The number of fused-ring (bicyclic) bond motifs is 1. The third-order valence-electron chi connectivity index (χ3n) is 6.50. The van der Waals surface area contributed by atoms with Crippen LogP contribution in [0, 0.1) is 6.92 Å². The Morgan fingerprint density at radius 2 is 1.94 bits per heavy atom. The molecule has 1 saturated heterocycles. The van der Waals surface area contributed by atoms with Crippen LogP contribution in [0.15, 0.2) is 36.0 Å². The van der Waals surface area contributed by atoms with Crippen LogP contribution in [-0.2, 0) is 19.2 Å². The predicted molar refractivity (Wildman–Crippen MR) is 142 cm³/mol.